The van der Waals surface area contributed by atoms with E-state index < -0.39 is 0 Å². The number of amides is 1. The third-order valence-corrected chi connectivity index (χ3v) is 4.82. The highest BCUT2D eigenvalue weighted by Crippen LogP contribution is 2.23. The molecule has 0 radical (unpaired) electrons. The largest absolute Gasteiger partial charge is 0.366 e. The highest BCUT2D eigenvalue weighted by Gasteiger charge is 2.28. The number of likely N-dealkylation sites (N-methyl/N-ethyl adjacent to an activating group) is 2. The van der Waals surface area contributed by atoms with Crippen molar-refractivity contribution in [3.05, 3.63) is 20.8 Å². The minimum atomic E-state index is -0.317. The number of thiophene rings is 1. The van der Waals surface area contributed by atoms with Gasteiger partial charge in [0.05, 0.1) is 16.9 Å². The summed E-state index contributed by atoms with van der Waals surface area (Å²) >= 11 is 5.12. The zero-order chi connectivity index (χ0) is 13.8. The Morgan fingerprint density at radius 1 is 1.63 bits per heavy atom. The maximum absolute atomic E-state index is 12.5. The molecule has 0 saturated carbocycles. The summed E-state index contributed by atoms with van der Waals surface area (Å²) in [5.74, 6) is 0.0959. The minimum Gasteiger partial charge on any atom is -0.366 e. The normalized spacial score (nSPS) is 20.5. The molecule has 1 aliphatic rings. The van der Waals surface area contributed by atoms with Gasteiger partial charge in [0.1, 0.15) is 6.10 Å². The Morgan fingerprint density at radius 2 is 2.42 bits per heavy atom. The van der Waals surface area contributed by atoms with E-state index in [9.17, 15) is 4.79 Å². The van der Waals surface area contributed by atoms with Crippen LogP contribution in [0.15, 0.2) is 15.9 Å². The van der Waals surface area contributed by atoms with E-state index in [1.807, 2.05) is 24.9 Å². The van der Waals surface area contributed by atoms with Gasteiger partial charge in [-0.1, -0.05) is 0 Å². The van der Waals surface area contributed by atoms with Gasteiger partial charge in [-0.15, -0.1) is 11.3 Å². The summed E-state index contributed by atoms with van der Waals surface area (Å²) in [6.07, 6.45) is -0.317. The molecule has 0 aliphatic carbocycles. The van der Waals surface area contributed by atoms with E-state index in [0.717, 1.165) is 10.3 Å². The van der Waals surface area contributed by atoms with E-state index in [2.05, 4.69) is 26.9 Å². The Morgan fingerprint density at radius 3 is 3.00 bits per heavy atom. The minimum absolute atomic E-state index is 0.0959. The Hall–Kier alpha value is -0.430. The Balaban J connectivity index is 1.98. The maximum Gasteiger partial charge on any atom is 0.253 e. The van der Waals surface area contributed by atoms with Crippen molar-refractivity contribution in [1.29, 1.82) is 0 Å². The summed E-state index contributed by atoms with van der Waals surface area (Å²) in [5, 5.41) is 0. The number of ether oxygens (including phenoxy) is 1. The molecule has 0 N–H and O–H groups in total. The van der Waals surface area contributed by atoms with Crippen LogP contribution in [0.2, 0.25) is 0 Å². The molecule has 1 fully saturated rings. The van der Waals surface area contributed by atoms with E-state index in [1.54, 1.807) is 11.3 Å². The molecule has 1 aromatic heterocycles. The number of carbonyl (C=O) groups is 1. The molecule has 6 heteroatoms. The van der Waals surface area contributed by atoms with Crippen LogP contribution in [0.1, 0.15) is 11.8 Å². The predicted molar refractivity (Wildman–Crippen MR) is 80.3 cm³/mol. The monoisotopic (exact) mass is 346 g/mol. The SMILES string of the molecule is CCN(Cc1ccc(Br)s1)C(=O)C1CN(C)CCO1. The van der Waals surface area contributed by atoms with Gasteiger partial charge in [0.25, 0.3) is 5.91 Å². The van der Waals surface area contributed by atoms with Crippen molar-refractivity contribution in [3.8, 4) is 0 Å². The first-order chi connectivity index (χ1) is 9.10. The van der Waals surface area contributed by atoms with Gasteiger partial charge in [-0.3, -0.25) is 4.79 Å². The second-order valence-electron chi connectivity index (χ2n) is 4.68. The molecule has 106 valence electrons. The van der Waals surface area contributed by atoms with Crippen molar-refractivity contribution in [3.63, 3.8) is 0 Å². The smallest absolute Gasteiger partial charge is 0.253 e. The lowest BCUT2D eigenvalue weighted by atomic mass is 10.2. The number of halogens is 1. The molecule has 2 heterocycles. The number of rotatable bonds is 4. The third kappa shape index (κ3) is 4.02. The van der Waals surface area contributed by atoms with Crippen molar-refractivity contribution in [2.45, 2.75) is 19.6 Å². The standard InChI is InChI=1S/C13H19BrN2O2S/c1-3-16(8-10-4-5-12(14)19-10)13(17)11-9-15(2)6-7-18-11/h4-5,11H,3,6-9H2,1-2H3. The fourth-order valence-electron chi connectivity index (χ4n) is 2.10. The van der Waals surface area contributed by atoms with Gasteiger partial charge in [-0.25, -0.2) is 0 Å². The van der Waals surface area contributed by atoms with Crippen LogP contribution in [0, 0.1) is 0 Å². The Kier molecular flexibility index (Phi) is 5.38. The van der Waals surface area contributed by atoms with Gasteiger partial charge in [-0.05, 0) is 42.0 Å². The molecule has 1 saturated heterocycles. The predicted octanol–water partition coefficient (Wildman–Crippen LogP) is 2.19. The van der Waals surface area contributed by atoms with Gasteiger partial charge >= 0.3 is 0 Å². The molecule has 0 bridgehead atoms. The van der Waals surface area contributed by atoms with Gasteiger partial charge in [0.15, 0.2) is 0 Å². The van der Waals surface area contributed by atoms with Crippen LogP contribution in [0.25, 0.3) is 0 Å². The highest BCUT2D eigenvalue weighted by molar-refractivity contribution is 9.11. The molecule has 4 nitrogen and oxygen atoms in total. The first-order valence-electron chi connectivity index (χ1n) is 6.43. The highest BCUT2D eigenvalue weighted by atomic mass is 79.9. The number of nitrogens with zero attached hydrogens (tertiary/aromatic N) is 2. The van der Waals surface area contributed by atoms with Crippen LogP contribution in [0.5, 0.6) is 0 Å². The molecule has 1 atom stereocenters. The summed E-state index contributed by atoms with van der Waals surface area (Å²) in [7, 11) is 2.02. The van der Waals surface area contributed by atoms with Crippen LogP contribution in [-0.2, 0) is 16.1 Å². The number of morpholine rings is 1. The maximum atomic E-state index is 12.5. The molecule has 1 amide bonds. The molecule has 1 aromatic rings. The first-order valence-corrected chi connectivity index (χ1v) is 8.04. The van der Waals surface area contributed by atoms with E-state index >= 15 is 0 Å². The van der Waals surface area contributed by atoms with Crippen molar-refractivity contribution in [1.82, 2.24) is 9.80 Å². The zero-order valence-electron chi connectivity index (χ0n) is 11.3. The van der Waals surface area contributed by atoms with Crippen molar-refractivity contribution in [2.75, 3.05) is 33.3 Å². The third-order valence-electron chi connectivity index (χ3n) is 3.21. The number of hydrogen-bond acceptors (Lipinski definition) is 4. The topological polar surface area (TPSA) is 32.8 Å². The first kappa shape index (κ1) is 15.0. The van der Waals surface area contributed by atoms with Gasteiger partial charge in [0, 0.05) is 24.5 Å². The van der Waals surface area contributed by atoms with Crippen LogP contribution in [0.4, 0.5) is 0 Å². The van der Waals surface area contributed by atoms with Crippen LogP contribution in [-0.4, -0.2) is 55.1 Å². The van der Waals surface area contributed by atoms with Crippen LogP contribution in [0.3, 0.4) is 0 Å². The molecular formula is C13H19BrN2O2S. The zero-order valence-corrected chi connectivity index (χ0v) is 13.7. The van der Waals surface area contributed by atoms with E-state index in [4.69, 9.17) is 4.74 Å². The van der Waals surface area contributed by atoms with Crippen molar-refractivity contribution in [2.24, 2.45) is 0 Å². The lowest BCUT2D eigenvalue weighted by Gasteiger charge is -2.32. The van der Waals surface area contributed by atoms with E-state index in [0.29, 0.717) is 26.2 Å². The summed E-state index contributed by atoms with van der Waals surface area (Å²) in [4.78, 5) is 17.6. The van der Waals surface area contributed by atoms with E-state index in [1.165, 1.54) is 4.88 Å². The van der Waals surface area contributed by atoms with Gasteiger partial charge in [0.2, 0.25) is 0 Å². The van der Waals surface area contributed by atoms with Crippen LogP contribution >= 0.6 is 27.3 Å². The molecule has 1 aliphatic heterocycles. The molecule has 0 spiro atoms. The number of carbonyl (C=O) groups excluding carboxylic acids is 1. The van der Waals surface area contributed by atoms with Crippen LogP contribution < -0.4 is 0 Å². The average molecular weight is 347 g/mol. The van der Waals surface area contributed by atoms with Crippen molar-refractivity contribution < 1.29 is 9.53 Å². The Labute approximate surface area is 126 Å². The summed E-state index contributed by atoms with van der Waals surface area (Å²) in [6, 6.07) is 4.07. The molecule has 19 heavy (non-hydrogen) atoms. The average Bonchev–Trinajstić information content (AvgIpc) is 2.81. The van der Waals surface area contributed by atoms with Gasteiger partial charge in [-0.2, -0.15) is 0 Å². The second kappa shape index (κ2) is 6.83. The molecule has 2 rings (SSSR count). The van der Waals surface area contributed by atoms with Gasteiger partial charge < -0.3 is 14.5 Å². The lowest BCUT2D eigenvalue weighted by molar-refractivity contribution is -0.149. The fourth-order valence-corrected chi connectivity index (χ4v) is 3.60. The molecule has 0 aromatic carbocycles. The fraction of sp³-hybridized carbons (Fsp3) is 0.615. The molecular weight excluding hydrogens is 328 g/mol. The van der Waals surface area contributed by atoms with Crippen molar-refractivity contribution >= 4 is 33.2 Å². The second-order valence-corrected chi connectivity index (χ2v) is 7.23. The van der Waals surface area contributed by atoms with E-state index in [-0.39, 0.29) is 12.0 Å². The number of hydrogen-bond donors (Lipinski definition) is 0. The lowest BCUT2D eigenvalue weighted by Crippen LogP contribution is -2.49. The summed E-state index contributed by atoms with van der Waals surface area (Å²) < 4.78 is 6.69. The summed E-state index contributed by atoms with van der Waals surface area (Å²) in [6.45, 7) is 5.59. The Bertz CT molecular complexity index is 438. The molecule has 1 unspecified atom stereocenters. The summed E-state index contributed by atoms with van der Waals surface area (Å²) in [5.41, 5.74) is 0. The quantitative estimate of drug-likeness (QED) is 0.837.